The van der Waals surface area contributed by atoms with Gasteiger partial charge in [-0.05, 0) is 20.0 Å². The maximum absolute atomic E-state index is 11.2. The van der Waals surface area contributed by atoms with Gasteiger partial charge in [0.25, 0.3) is 5.88 Å². The summed E-state index contributed by atoms with van der Waals surface area (Å²) in [4.78, 5) is 20.4. The highest BCUT2D eigenvalue weighted by atomic mass is 16.6. The predicted octanol–water partition coefficient (Wildman–Crippen LogP) is 1.39. The minimum Gasteiger partial charge on any atom is -0.472 e. The Morgan fingerprint density at radius 1 is 1.45 bits per heavy atom. The topological polar surface area (TPSA) is 93.4 Å². The minimum atomic E-state index is -0.520. The van der Waals surface area contributed by atoms with Gasteiger partial charge in [0.1, 0.15) is 6.33 Å². The zero-order valence-electron chi connectivity index (χ0n) is 12.3. The quantitative estimate of drug-likeness (QED) is 0.569. The lowest BCUT2D eigenvalue weighted by Crippen LogP contribution is -2.21. The van der Waals surface area contributed by atoms with E-state index in [1.165, 1.54) is 6.33 Å². The van der Waals surface area contributed by atoms with Crippen molar-refractivity contribution in [1.29, 1.82) is 0 Å². The molecule has 0 radical (unpaired) electrons. The summed E-state index contributed by atoms with van der Waals surface area (Å²) < 4.78 is 5.38. The Hall–Kier alpha value is -1.96. The first-order chi connectivity index (χ1) is 9.41. The molecular weight excluding hydrogens is 262 g/mol. The van der Waals surface area contributed by atoms with E-state index >= 15 is 0 Å². The average molecular weight is 283 g/mol. The van der Waals surface area contributed by atoms with Gasteiger partial charge in [-0.25, -0.2) is 4.98 Å². The lowest BCUT2D eigenvalue weighted by molar-refractivity contribution is -0.385. The number of nitro groups is 1. The fraction of sp³-hybridized carbons (Fsp3) is 0.667. The van der Waals surface area contributed by atoms with E-state index in [2.05, 4.69) is 15.3 Å². The van der Waals surface area contributed by atoms with E-state index in [9.17, 15) is 10.1 Å². The normalized spacial score (nSPS) is 10.9. The van der Waals surface area contributed by atoms with Crippen LogP contribution in [0.15, 0.2) is 6.33 Å². The smallest absolute Gasteiger partial charge is 0.372 e. The van der Waals surface area contributed by atoms with Crippen LogP contribution in [0.4, 0.5) is 11.5 Å². The fourth-order valence-electron chi connectivity index (χ4n) is 1.41. The van der Waals surface area contributed by atoms with Crippen LogP contribution in [0.2, 0.25) is 0 Å². The van der Waals surface area contributed by atoms with E-state index in [-0.39, 0.29) is 23.3 Å². The molecule has 8 nitrogen and oxygen atoms in total. The molecule has 0 amide bonds. The lowest BCUT2D eigenvalue weighted by Gasteiger charge is -2.12. The first-order valence-corrected chi connectivity index (χ1v) is 6.42. The van der Waals surface area contributed by atoms with Gasteiger partial charge in [-0.1, -0.05) is 13.8 Å². The molecule has 0 aliphatic carbocycles. The summed E-state index contributed by atoms with van der Waals surface area (Å²) >= 11 is 0. The number of ether oxygens (including phenoxy) is 1. The Bertz CT molecular complexity index is 451. The highest BCUT2D eigenvalue weighted by Gasteiger charge is 2.24. The van der Waals surface area contributed by atoms with Gasteiger partial charge in [0.05, 0.1) is 11.5 Å². The molecule has 0 aliphatic rings. The number of nitrogens with zero attached hydrogens (tertiary/aromatic N) is 4. The number of nitrogens with one attached hydrogen (secondary N) is 1. The molecule has 0 aliphatic heterocycles. The molecule has 0 saturated carbocycles. The number of rotatable bonds is 8. The number of hydrogen-bond acceptors (Lipinski definition) is 7. The molecule has 0 fully saturated rings. The number of aromatic nitrogens is 2. The van der Waals surface area contributed by atoms with Gasteiger partial charge >= 0.3 is 5.69 Å². The number of likely N-dealkylation sites (N-methyl/N-ethyl adjacent to an activating group) is 1. The molecule has 1 N–H and O–H groups in total. The van der Waals surface area contributed by atoms with Gasteiger partial charge in [-0.15, -0.1) is 0 Å². The third kappa shape index (κ3) is 4.96. The summed E-state index contributed by atoms with van der Waals surface area (Å²) in [7, 11) is 3.85. The summed E-state index contributed by atoms with van der Waals surface area (Å²) in [6.07, 6.45) is 1.26. The second-order valence-corrected chi connectivity index (χ2v) is 5.07. The fourth-order valence-corrected chi connectivity index (χ4v) is 1.41. The van der Waals surface area contributed by atoms with Crippen molar-refractivity contribution in [3.05, 3.63) is 16.4 Å². The molecule has 0 unspecified atom stereocenters. The Labute approximate surface area is 118 Å². The lowest BCUT2D eigenvalue weighted by atomic mass is 10.2. The van der Waals surface area contributed by atoms with Crippen molar-refractivity contribution >= 4 is 11.5 Å². The molecular formula is C12H21N5O3. The van der Waals surface area contributed by atoms with Crippen LogP contribution in [-0.4, -0.2) is 53.6 Å². The monoisotopic (exact) mass is 283 g/mol. The summed E-state index contributed by atoms with van der Waals surface area (Å²) in [5, 5.41) is 14.1. The highest BCUT2D eigenvalue weighted by Crippen LogP contribution is 2.30. The third-order valence-electron chi connectivity index (χ3n) is 2.38. The SMILES string of the molecule is CC(C)COc1ncnc(NCCN(C)C)c1[N+](=O)[O-]. The van der Waals surface area contributed by atoms with Crippen molar-refractivity contribution in [2.45, 2.75) is 13.8 Å². The van der Waals surface area contributed by atoms with E-state index in [1.807, 2.05) is 32.8 Å². The molecule has 0 bridgehead atoms. The largest absolute Gasteiger partial charge is 0.472 e. The van der Waals surface area contributed by atoms with Crippen LogP contribution in [-0.2, 0) is 0 Å². The van der Waals surface area contributed by atoms with E-state index < -0.39 is 4.92 Å². The third-order valence-corrected chi connectivity index (χ3v) is 2.38. The summed E-state index contributed by atoms with van der Waals surface area (Å²) in [5.74, 6) is 0.450. The highest BCUT2D eigenvalue weighted by molar-refractivity contribution is 5.61. The van der Waals surface area contributed by atoms with E-state index in [0.29, 0.717) is 13.2 Å². The average Bonchev–Trinajstić information content (AvgIpc) is 2.35. The predicted molar refractivity (Wildman–Crippen MR) is 76.1 cm³/mol. The zero-order chi connectivity index (χ0) is 15.1. The van der Waals surface area contributed by atoms with E-state index in [1.54, 1.807) is 0 Å². The van der Waals surface area contributed by atoms with Gasteiger partial charge in [0.2, 0.25) is 5.82 Å². The van der Waals surface area contributed by atoms with Crippen LogP contribution in [0.5, 0.6) is 5.88 Å². The molecule has 1 aromatic rings. The van der Waals surface area contributed by atoms with E-state index in [0.717, 1.165) is 6.54 Å². The van der Waals surface area contributed by atoms with E-state index in [4.69, 9.17) is 4.74 Å². The second-order valence-electron chi connectivity index (χ2n) is 5.07. The van der Waals surface area contributed by atoms with Crippen molar-refractivity contribution < 1.29 is 9.66 Å². The van der Waals surface area contributed by atoms with Crippen molar-refractivity contribution in [2.24, 2.45) is 5.92 Å². The van der Waals surface area contributed by atoms with Crippen molar-refractivity contribution in [3.63, 3.8) is 0 Å². The van der Waals surface area contributed by atoms with Crippen molar-refractivity contribution in [2.75, 3.05) is 39.1 Å². The molecule has 20 heavy (non-hydrogen) atoms. The number of anilines is 1. The van der Waals surface area contributed by atoms with Crippen molar-refractivity contribution in [3.8, 4) is 5.88 Å². The van der Waals surface area contributed by atoms with Crippen LogP contribution < -0.4 is 10.1 Å². The summed E-state index contributed by atoms with van der Waals surface area (Å²) in [6.45, 7) is 5.58. The van der Waals surface area contributed by atoms with Gasteiger partial charge in [-0.3, -0.25) is 10.1 Å². The molecule has 0 saturated heterocycles. The van der Waals surface area contributed by atoms with Crippen LogP contribution in [0.25, 0.3) is 0 Å². The van der Waals surface area contributed by atoms with Crippen LogP contribution in [0.1, 0.15) is 13.8 Å². The first-order valence-electron chi connectivity index (χ1n) is 6.42. The van der Waals surface area contributed by atoms with Gasteiger partial charge < -0.3 is 15.0 Å². The molecule has 0 spiro atoms. The maximum Gasteiger partial charge on any atom is 0.372 e. The molecule has 8 heteroatoms. The standard InChI is InChI=1S/C12H21N5O3/c1-9(2)7-20-12-10(17(18)19)11(14-8-15-12)13-5-6-16(3)4/h8-9H,5-7H2,1-4H3,(H,13,14,15). The molecule has 112 valence electrons. The molecule has 1 aromatic heterocycles. The Morgan fingerprint density at radius 3 is 2.70 bits per heavy atom. The Morgan fingerprint density at radius 2 is 2.15 bits per heavy atom. The zero-order valence-corrected chi connectivity index (χ0v) is 12.3. The molecule has 1 heterocycles. The minimum absolute atomic E-state index is 0.00560. The maximum atomic E-state index is 11.2. The first kappa shape index (κ1) is 16.1. The molecule has 1 rings (SSSR count). The Kier molecular flexibility index (Phi) is 6.10. The second kappa shape index (κ2) is 7.59. The summed E-state index contributed by atoms with van der Waals surface area (Å²) in [6, 6.07) is 0. The van der Waals surface area contributed by atoms with Gasteiger partial charge in [0.15, 0.2) is 0 Å². The summed E-state index contributed by atoms with van der Waals surface area (Å²) in [5.41, 5.74) is -0.216. The van der Waals surface area contributed by atoms with Crippen LogP contribution in [0, 0.1) is 16.0 Å². The van der Waals surface area contributed by atoms with Crippen LogP contribution >= 0.6 is 0 Å². The number of hydrogen-bond donors (Lipinski definition) is 1. The molecule has 0 atom stereocenters. The van der Waals surface area contributed by atoms with Crippen LogP contribution in [0.3, 0.4) is 0 Å². The Balaban J connectivity index is 2.87. The van der Waals surface area contributed by atoms with Crippen molar-refractivity contribution in [1.82, 2.24) is 14.9 Å². The van der Waals surface area contributed by atoms with Gasteiger partial charge in [0, 0.05) is 13.1 Å². The van der Waals surface area contributed by atoms with Gasteiger partial charge in [-0.2, -0.15) is 4.98 Å². The molecule has 0 aromatic carbocycles.